The molecule has 3 heterocycles. The van der Waals surface area contributed by atoms with Crippen molar-refractivity contribution in [3.8, 4) is 5.69 Å². The standard InChI is InChI=1S/C21H13ClF3N7O/c1-9(30-19-17-18(27-7-26-17)28-8-29-19)20-31-14-3-2-13(25)16(22)15(14)21(33)32(20)12-5-10(23)4-11(24)6-12/h2-9H,1H3,(H2,26,27,28,29,30)/t9-/m1/s1. The van der Waals surface area contributed by atoms with Gasteiger partial charge in [-0.25, -0.2) is 33.1 Å². The fourth-order valence-corrected chi connectivity index (χ4v) is 3.82. The molecule has 5 rings (SSSR count). The second-order valence-electron chi connectivity index (χ2n) is 7.18. The van der Waals surface area contributed by atoms with Crippen LogP contribution in [-0.2, 0) is 0 Å². The van der Waals surface area contributed by atoms with E-state index in [-0.39, 0.29) is 22.4 Å². The van der Waals surface area contributed by atoms with Crippen LogP contribution in [-0.4, -0.2) is 29.5 Å². The first kappa shape index (κ1) is 20.9. The molecule has 0 unspecified atom stereocenters. The summed E-state index contributed by atoms with van der Waals surface area (Å²) < 4.78 is 43.1. The number of aromatic amines is 1. The summed E-state index contributed by atoms with van der Waals surface area (Å²) >= 11 is 6.05. The monoisotopic (exact) mass is 471 g/mol. The molecule has 0 aliphatic heterocycles. The Morgan fingerprint density at radius 2 is 1.85 bits per heavy atom. The molecule has 0 saturated carbocycles. The maximum atomic E-state index is 14.1. The lowest BCUT2D eigenvalue weighted by molar-refractivity contribution is 0.579. The van der Waals surface area contributed by atoms with Gasteiger partial charge in [0.05, 0.1) is 34.0 Å². The van der Waals surface area contributed by atoms with Gasteiger partial charge in [-0.15, -0.1) is 0 Å². The lowest BCUT2D eigenvalue weighted by Gasteiger charge is -2.20. The topological polar surface area (TPSA) is 101 Å². The third kappa shape index (κ3) is 3.55. The Labute approximate surface area is 188 Å². The van der Waals surface area contributed by atoms with Crippen LogP contribution in [0.3, 0.4) is 0 Å². The summed E-state index contributed by atoms with van der Waals surface area (Å²) in [6.07, 6.45) is 2.77. The summed E-state index contributed by atoms with van der Waals surface area (Å²) in [5.74, 6) is -2.19. The molecular weight excluding hydrogens is 459 g/mol. The molecule has 2 N–H and O–H groups in total. The number of benzene rings is 2. The number of anilines is 1. The zero-order chi connectivity index (χ0) is 23.3. The van der Waals surface area contributed by atoms with Gasteiger partial charge in [0, 0.05) is 6.07 Å². The summed E-state index contributed by atoms with van der Waals surface area (Å²) in [6, 6.07) is 4.29. The number of nitrogens with one attached hydrogen (secondary N) is 2. The first-order valence-corrected chi connectivity index (χ1v) is 9.99. The third-order valence-corrected chi connectivity index (χ3v) is 5.39. The summed E-state index contributed by atoms with van der Waals surface area (Å²) in [5, 5.41) is 2.45. The Balaban J connectivity index is 1.75. The van der Waals surface area contributed by atoms with Crippen molar-refractivity contribution in [2.75, 3.05) is 5.32 Å². The number of aromatic nitrogens is 6. The number of rotatable bonds is 4. The van der Waals surface area contributed by atoms with E-state index in [1.165, 1.54) is 18.7 Å². The van der Waals surface area contributed by atoms with Crippen LogP contribution in [0.1, 0.15) is 18.8 Å². The van der Waals surface area contributed by atoms with Gasteiger partial charge in [0.25, 0.3) is 5.56 Å². The number of H-pyrrole nitrogens is 1. The van der Waals surface area contributed by atoms with E-state index in [9.17, 15) is 18.0 Å². The minimum absolute atomic E-state index is 0.0856. The number of fused-ring (bicyclic) bond motifs is 2. The first-order valence-electron chi connectivity index (χ1n) is 9.61. The molecule has 0 aliphatic rings. The van der Waals surface area contributed by atoms with Gasteiger partial charge in [-0.3, -0.25) is 9.36 Å². The molecular formula is C21H13ClF3N7O. The third-order valence-electron chi connectivity index (χ3n) is 5.02. The second-order valence-corrected chi connectivity index (χ2v) is 7.56. The minimum atomic E-state index is -0.900. The maximum Gasteiger partial charge on any atom is 0.267 e. The van der Waals surface area contributed by atoms with Crippen LogP contribution in [0.2, 0.25) is 5.02 Å². The molecule has 2 aromatic carbocycles. The molecule has 0 radical (unpaired) electrons. The number of halogens is 4. The quantitative estimate of drug-likeness (QED) is 0.405. The highest BCUT2D eigenvalue weighted by Gasteiger charge is 2.22. The maximum absolute atomic E-state index is 14.1. The van der Waals surface area contributed by atoms with Crippen molar-refractivity contribution in [1.29, 1.82) is 0 Å². The van der Waals surface area contributed by atoms with Gasteiger partial charge in [-0.1, -0.05) is 11.6 Å². The molecule has 3 aromatic heterocycles. The predicted octanol–water partition coefficient (Wildman–Crippen LogP) is 4.30. The van der Waals surface area contributed by atoms with E-state index in [0.29, 0.717) is 23.0 Å². The highest BCUT2D eigenvalue weighted by Crippen LogP contribution is 2.27. The average Bonchev–Trinajstić information content (AvgIpc) is 3.25. The lowest BCUT2D eigenvalue weighted by Crippen LogP contribution is -2.28. The minimum Gasteiger partial charge on any atom is -0.358 e. The van der Waals surface area contributed by atoms with E-state index in [4.69, 9.17) is 11.6 Å². The molecule has 12 heteroatoms. The van der Waals surface area contributed by atoms with Crippen LogP contribution >= 0.6 is 11.6 Å². The van der Waals surface area contributed by atoms with E-state index in [1.807, 2.05) is 0 Å². The van der Waals surface area contributed by atoms with Crippen molar-refractivity contribution in [3.63, 3.8) is 0 Å². The number of hydrogen-bond acceptors (Lipinski definition) is 6. The molecule has 0 fully saturated rings. The fraction of sp³-hybridized carbons (Fsp3) is 0.0952. The summed E-state index contributed by atoms with van der Waals surface area (Å²) in [7, 11) is 0. The van der Waals surface area contributed by atoms with Crippen molar-refractivity contribution in [2.24, 2.45) is 0 Å². The molecule has 166 valence electrons. The van der Waals surface area contributed by atoms with Gasteiger partial charge in [0.2, 0.25) is 0 Å². The highest BCUT2D eigenvalue weighted by molar-refractivity contribution is 6.35. The first-order chi connectivity index (χ1) is 15.8. The van der Waals surface area contributed by atoms with Gasteiger partial charge in [-0.2, -0.15) is 0 Å². The van der Waals surface area contributed by atoms with E-state index in [0.717, 1.165) is 22.8 Å². The molecule has 0 spiro atoms. The lowest BCUT2D eigenvalue weighted by atomic mass is 10.2. The fourth-order valence-electron chi connectivity index (χ4n) is 3.57. The normalized spacial score (nSPS) is 12.4. The average molecular weight is 472 g/mol. The zero-order valence-electron chi connectivity index (χ0n) is 16.8. The highest BCUT2D eigenvalue weighted by atomic mass is 35.5. The van der Waals surface area contributed by atoms with E-state index >= 15 is 0 Å². The van der Waals surface area contributed by atoms with Gasteiger partial charge >= 0.3 is 0 Å². The van der Waals surface area contributed by atoms with Gasteiger partial charge in [-0.05, 0) is 31.2 Å². The smallest absolute Gasteiger partial charge is 0.267 e. The summed E-state index contributed by atoms with van der Waals surface area (Å²) in [4.78, 5) is 33.2. The number of imidazole rings is 1. The molecule has 8 nitrogen and oxygen atoms in total. The number of hydrogen-bond donors (Lipinski definition) is 2. The molecule has 0 saturated heterocycles. The largest absolute Gasteiger partial charge is 0.358 e. The molecule has 0 aliphatic carbocycles. The van der Waals surface area contributed by atoms with E-state index in [2.05, 4.69) is 30.2 Å². The van der Waals surface area contributed by atoms with Crippen LogP contribution in [0.25, 0.3) is 27.8 Å². The van der Waals surface area contributed by atoms with Crippen molar-refractivity contribution in [3.05, 3.63) is 81.6 Å². The van der Waals surface area contributed by atoms with Crippen LogP contribution < -0.4 is 10.9 Å². The molecule has 0 amide bonds. The summed E-state index contributed by atoms with van der Waals surface area (Å²) in [5.41, 5.74) is 0.129. The Morgan fingerprint density at radius 1 is 1.09 bits per heavy atom. The molecule has 0 bridgehead atoms. The van der Waals surface area contributed by atoms with Gasteiger partial charge < -0.3 is 10.3 Å². The van der Waals surface area contributed by atoms with Crippen LogP contribution in [0, 0.1) is 17.5 Å². The van der Waals surface area contributed by atoms with Crippen LogP contribution in [0.5, 0.6) is 0 Å². The Bertz CT molecular complexity index is 1580. The Morgan fingerprint density at radius 3 is 2.61 bits per heavy atom. The summed E-state index contributed by atoms with van der Waals surface area (Å²) in [6.45, 7) is 1.67. The van der Waals surface area contributed by atoms with E-state index in [1.54, 1.807) is 6.92 Å². The molecule has 33 heavy (non-hydrogen) atoms. The van der Waals surface area contributed by atoms with Gasteiger partial charge in [0.15, 0.2) is 11.5 Å². The van der Waals surface area contributed by atoms with Crippen LogP contribution in [0.4, 0.5) is 19.0 Å². The van der Waals surface area contributed by atoms with Crippen LogP contribution in [0.15, 0.2) is 47.8 Å². The van der Waals surface area contributed by atoms with E-state index < -0.39 is 34.1 Å². The van der Waals surface area contributed by atoms with Crippen molar-refractivity contribution in [1.82, 2.24) is 29.5 Å². The predicted molar refractivity (Wildman–Crippen MR) is 116 cm³/mol. The van der Waals surface area contributed by atoms with Gasteiger partial charge in [0.1, 0.15) is 35.1 Å². The van der Waals surface area contributed by atoms with Crippen molar-refractivity contribution >= 4 is 39.5 Å². The van der Waals surface area contributed by atoms with Crippen molar-refractivity contribution in [2.45, 2.75) is 13.0 Å². The van der Waals surface area contributed by atoms with Crippen molar-refractivity contribution < 1.29 is 13.2 Å². The zero-order valence-corrected chi connectivity index (χ0v) is 17.5. The molecule has 1 atom stereocenters. The Hall–Kier alpha value is -3.99. The SMILES string of the molecule is C[C@@H](Nc1ncnc2[nH]cnc12)c1nc2ccc(F)c(Cl)c2c(=O)n1-c1cc(F)cc(F)c1. The molecule has 5 aromatic rings. The Kier molecular flexibility index (Phi) is 4.97. The number of nitrogens with zero attached hydrogens (tertiary/aromatic N) is 5. The second kappa shape index (κ2) is 7.85.